The molecule has 0 aliphatic carbocycles. The van der Waals surface area contributed by atoms with Gasteiger partial charge in [0.25, 0.3) is 0 Å². The second-order valence-electron chi connectivity index (χ2n) is 10.6. The van der Waals surface area contributed by atoms with Crippen LogP contribution in [0.2, 0.25) is 0 Å². The standard InChI is InChI=1S/C32H18F6S4.C6H12/c33-31(34,35)23-11-5-19(6-12-23)1-3-21-9-15-25-27(17-21)41-29(39-25)30-40-26-16-10-22(18-28(26)42-30)4-2-20-7-13-24(14-8-20)32(36,37)38;1-3-5-6-4-2/h1-18H;5-6H,3-4H2,1-2H3/b3-1+,4-2+,30-29+;6-5-. The van der Waals surface area contributed by atoms with Gasteiger partial charge in [-0.3, -0.25) is 0 Å². The van der Waals surface area contributed by atoms with Gasteiger partial charge in [-0.2, -0.15) is 26.3 Å². The Morgan fingerprint density at radius 3 is 1.08 bits per heavy atom. The smallest absolute Gasteiger partial charge is 0.166 e. The van der Waals surface area contributed by atoms with E-state index in [2.05, 4.69) is 50.3 Å². The van der Waals surface area contributed by atoms with E-state index in [-0.39, 0.29) is 0 Å². The summed E-state index contributed by atoms with van der Waals surface area (Å²) < 4.78 is 79.2. The first-order chi connectivity index (χ1) is 22.9. The number of fused-ring (bicyclic) bond motifs is 2. The monoisotopic (exact) mass is 728 g/mol. The lowest BCUT2D eigenvalue weighted by atomic mass is 10.1. The van der Waals surface area contributed by atoms with E-state index in [4.69, 9.17) is 0 Å². The Kier molecular flexibility index (Phi) is 12.1. The predicted octanol–water partition coefficient (Wildman–Crippen LogP) is 14.6. The van der Waals surface area contributed by atoms with Crippen LogP contribution in [-0.2, 0) is 12.4 Å². The van der Waals surface area contributed by atoms with E-state index in [0.29, 0.717) is 11.1 Å². The largest absolute Gasteiger partial charge is 0.416 e. The summed E-state index contributed by atoms with van der Waals surface area (Å²) in [4.78, 5) is 4.58. The van der Waals surface area contributed by atoms with Crippen LogP contribution in [0.25, 0.3) is 24.3 Å². The zero-order chi connectivity index (χ0) is 34.3. The van der Waals surface area contributed by atoms with Gasteiger partial charge in [0.1, 0.15) is 0 Å². The number of allylic oxidation sites excluding steroid dienone is 2. The van der Waals surface area contributed by atoms with E-state index in [1.807, 2.05) is 24.3 Å². The second-order valence-corrected chi connectivity index (χ2v) is 15.3. The van der Waals surface area contributed by atoms with Gasteiger partial charge >= 0.3 is 12.4 Å². The number of rotatable bonds is 6. The Morgan fingerprint density at radius 1 is 0.438 bits per heavy atom. The second kappa shape index (κ2) is 16.0. The highest BCUT2D eigenvalue weighted by atomic mass is 32.2. The molecular formula is C38H30F6S4. The zero-order valence-electron chi connectivity index (χ0n) is 25.9. The van der Waals surface area contributed by atoms with E-state index in [1.54, 1.807) is 59.2 Å². The minimum Gasteiger partial charge on any atom is -0.166 e. The topological polar surface area (TPSA) is 0 Å². The lowest BCUT2D eigenvalue weighted by Gasteiger charge is -2.06. The molecular weight excluding hydrogens is 699 g/mol. The average molecular weight is 729 g/mol. The summed E-state index contributed by atoms with van der Waals surface area (Å²) >= 11 is 6.86. The van der Waals surface area contributed by atoms with Gasteiger partial charge in [-0.05, 0) is 83.6 Å². The van der Waals surface area contributed by atoms with Gasteiger partial charge in [0.2, 0.25) is 0 Å². The fraction of sp³-hybridized carbons (Fsp3) is 0.158. The Labute approximate surface area is 293 Å². The maximum Gasteiger partial charge on any atom is 0.416 e. The first-order valence-electron chi connectivity index (χ1n) is 15.0. The highest BCUT2D eigenvalue weighted by Crippen LogP contribution is 2.61. The van der Waals surface area contributed by atoms with Crippen LogP contribution in [-0.4, -0.2) is 0 Å². The molecule has 0 spiro atoms. The highest BCUT2D eigenvalue weighted by Gasteiger charge is 2.31. The molecule has 4 aromatic carbocycles. The van der Waals surface area contributed by atoms with Gasteiger partial charge in [0, 0.05) is 19.6 Å². The zero-order valence-corrected chi connectivity index (χ0v) is 29.1. The van der Waals surface area contributed by atoms with Gasteiger partial charge in [0.15, 0.2) is 0 Å². The Hall–Kier alpha value is -3.18. The molecule has 0 radical (unpaired) electrons. The molecule has 2 aliphatic rings. The van der Waals surface area contributed by atoms with Crippen molar-refractivity contribution in [1.29, 1.82) is 0 Å². The molecule has 2 heterocycles. The molecule has 0 aromatic heterocycles. The van der Waals surface area contributed by atoms with Crippen LogP contribution in [0.4, 0.5) is 26.3 Å². The van der Waals surface area contributed by atoms with E-state index >= 15 is 0 Å². The Bertz CT molecular complexity index is 1710. The molecule has 4 aromatic rings. The van der Waals surface area contributed by atoms with E-state index in [0.717, 1.165) is 55.0 Å². The molecule has 0 saturated heterocycles. The van der Waals surface area contributed by atoms with Crippen molar-refractivity contribution >= 4 is 71.4 Å². The van der Waals surface area contributed by atoms with Crippen molar-refractivity contribution in [1.82, 2.24) is 0 Å². The molecule has 0 nitrogen and oxygen atoms in total. The molecule has 0 bridgehead atoms. The molecule has 10 heteroatoms. The Morgan fingerprint density at radius 2 is 0.750 bits per heavy atom. The van der Waals surface area contributed by atoms with Crippen LogP contribution < -0.4 is 0 Å². The number of thioether (sulfide) groups is 4. The number of alkyl halides is 6. The number of hydrogen-bond acceptors (Lipinski definition) is 4. The number of benzene rings is 4. The van der Waals surface area contributed by atoms with Crippen molar-refractivity contribution < 1.29 is 26.3 Å². The lowest BCUT2D eigenvalue weighted by Crippen LogP contribution is -2.03. The average Bonchev–Trinajstić information content (AvgIpc) is 3.69. The third-order valence-electron chi connectivity index (χ3n) is 6.96. The summed E-state index contributed by atoms with van der Waals surface area (Å²) in [6.45, 7) is 4.29. The molecule has 248 valence electrons. The van der Waals surface area contributed by atoms with E-state index in [9.17, 15) is 26.3 Å². The first kappa shape index (κ1) is 36.1. The maximum absolute atomic E-state index is 12.8. The predicted molar refractivity (Wildman–Crippen MR) is 194 cm³/mol. The third kappa shape index (κ3) is 9.71. The molecule has 2 aliphatic heterocycles. The summed E-state index contributed by atoms with van der Waals surface area (Å²) in [6, 6.07) is 22.5. The molecule has 0 amide bonds. The summed E-state index contributed by atoms with van der Waals surface area (Å²) in [7, 11) is 0. The maximum atomic E-state index is 12.8. The van der Waals surface area contributed by atoms with Crippen molar-refractivity contribution in [2.45, 2.75) is 58.6 Å². The minimum atomic E-state index is -4.35. The van der Waals surface area contributed by atoms with Crippen LogP contribution in [0, 0.1) is 0 Å². The van der Waals surface area contributed by atoms with Crippen molar-refractivity contribution in [3.63, 3.8) is 0 Å². The van der Waals surface area contributed by atoms with Gasteiger partial charge in [-0.15, -0.1) is 0 Å². The molecule has 0 atom stereocenters. The SMILES string of the molecule is CC/C=C\CC.FC(F)(F)c1ccc(/C=C/c2ccc3c(c2)S/C(=C2\Sc4ccc(/C=C/c5ccc(C(F)(F)F)cc5)cc4S2)S3)cc1. The van der Waals surface area contributed by atoms with E-state index in [1.165, 1.54) is 45.6 Å². The van der Waals surface area contributed by atoms with Gasteiger partial charge < -0.3 is 0 Å². The quantitative estimate of drug-likeness (QED) is 0.110. The fourth-order valence-corrected chi connectivity index (χ4v) is 9.84. The van der Waals surface area contributed by atoms with Crippen LogP contribution in [0.1, 0.15) is 60.1 Å². The van der Waals surface area contributed by atoms with Crippen molar-refractivity contribution in [3.05, 3.63) is 139 Å². The third-order valence-corrected chi connectivity index (χ3v) is 12.6. The molecule has 0 saturated carbocycles. The van der Waals surface area contributed by atoms with Crippen molar-refractivity contribution in [3.8, 4) is 0 Å². The van der Waals surface area contributed by atoms with Crippen LogP contribution in [0.15, 0.2) is 125 Å². The van der Waals surface area contributed by atoms with Crippen LogP contribution in [0.5, 0.6) is 0 Å². The van der Waals surface area contributed by atoms with Crippen LogP contribution in [0.3, 0.4) is 0 Å². The molecule has 0 N–H and O–H groups in total. The summed E-state index contributed by atoms with van der Waals surface area (Å²) in [5, 5.41) is 0. The molecule has 0 unspecified atom stereocenters. The van der Waals surface area contributed by atoms with Gasteiger partial charge in [-0.25, -0.2) is 0 Å². The highest BCUT2D eigenvalue weighted by molar-refractivity contribution is 8.30. The molecule has 48 heavy (non-hydrogen) atoms. The minimum absolute atomic E-state index is 0.665. The van der Waals surface area contributed by atoms with Gasteiger partial charge in [0.05, 0.1) is 19.6 Å². The first-order valence-corrected chi connectivity index (χ1v) is 18.3. The molecule has 0 fully saturated rings. The fourth-order valence-electron chi connectivity index (χ4n) is 4.48. The van der Waals surface area contributed by atoms with Crippen LogP contribution >= 0.6 is 47.0 Å². The normalized spacial score (nSPS) is 16.1. The summed E-state index contributed by atoms with van der Waals surface area (Å²) in [6.07, 6.45) is 5.41. The van der Waals surface area contributed by atoms with Crippen molar-refractivity contribution in [2.24, 2.45) is 0 Å². The number of hydrogen-bond donors (Lipinski definition) is 0. The molecule has 6 rings (SSSR count). The number of halogens is 6. The summed E-state index contributed by atoms with van der Waals surface area (Å²) in [5.74, 6) is 0. The van der Waals surface area contributed by atoms with Crippen molar-refractivity contribution in [2.75, 3.05) is 0 Å². The lowest BCUT2D eigenvalue weighted by molar-refractivity contribution is -0.138. The van der Waals surface area contributed by atoms with Gasteiger partial charge in [-0.1, -0.05) is 134 Å². The van der Waals surface area contributed by atoms with E-state index < -0.39 is 23.5 Å². The summed E-state index contributed by atoms with van der Waals surface area (Å²) in [5.41, 5.74) is 1.99. The Balaban J connectivity index is 0.000000689.